The third kappa shape index (κ3) is 6.94. The molecule has 0 aliphatic rings. The van der Waals surface area contributed by atoms with E-state index in [9.17, 15) is 4.79 Å². The highest BCUT2D eigenvalue weighted by atomic mass is 16.5. The molecule has 0 heterocycles. The summed E-state index contributed by atoms with van der Waals surface area (Å²) >= 11 is 0. The van der Waals surface area contributed by atoms with Gasteiger partial charge in [0.25, 0.3) is 0 Å². The maximum Gasteiger partial charge on any atom is 0.248 e. The normalized spacial score (nSPS) is 10.7. The van der Waals surface area contributed by atoms with Gasteiger partial charge in [0.2, 0.25) is 5.91 Å². The number of amides is 1. The van der Waals surface area contributed by atoms with E-state index in [1.165, 1.54) is 0 Å². The molecule has 0 aromatic heterocycles. The number of hydrogen-bond acceptors (Lipinski definition) is 3. The van der Waals surface area contributed by atoms with Crippen molar-refractivity contribution in [2.45, 2.75) is 32.9 Å². The van der Waals surface area contributed by atoms with Crippen molar-refractivity contribution in [2.75, 3.05) is 20.2 Å². The Balaban J connectivity index is 2.54. The Morgan fingerprint density at radius 3 is 2.43 bits per heavy atom. The van der Waals surface area contributed by atoms with Gasteiger partial charge in [-0.3, -0.25) is 4.79 Å². The Hall–Kier alpha value is -1.83. The summed E-state index contributed by atoms with van der Waals surface area (Å²) in [6.45, 7) is 6.80. The van der Waals surface area contributed by atoms with E-state index in [0.29, 0.717) is 13.1 Å². The number of nitrogens with two attached hydrogens (primary N) is 1. The van der Waals surface area contributed by atoms with Crippen LogP contribution < -0.4 is 5.73 Å². The summed E-state index contributed by atoms with van der Waals surface area (Å²) in [5.74, 6) is 5.75. The van der Waals surface area contributed by atoms with E-state index in [2.05, 4.69) is 11.8 Å². The summed E-state index contributed by atoms with van der Waals surface area (Å²) < 4.78 is 5.49. The van der Waals surface area contributed by atoms with Gasteiger partial charge >= 0.3 is 0 Å². The lowest BCUT2D eigenvalue weighted by atomic mass is 10.1. The van der Waals surface area contributed by atoms with Crippen LogP contribution in [0.3, 0.4) is 0 Å². The van der Waals surface area contributed by atoms with E-state index in [-0.39, 0.29) is 18.1 Å². The molecule has 0 fully saturated rings. The van der Waals surface area contributed by atoms with E-state index in [0.717, 1.165) is 11.1 Å². The molecule has 0 atom stereocenters. The van der Waals surface area contributed by atoms with Gasteiger partial charge in [-0.1, -0.05) is 24.0 Å². The Bertz CT molecular complexity index is 518. The molecule has 4 heteroatoms. The Morgan fingerprint density at radius 2 is 1.90 bits per heavy atom. The van der Waals surface area contributed by atoms with Crippen LogP contribution in [0.25, 0.3) is 0 Å². The minimum absolute atomic E-state index is 0.0306. The number of likely N-dealkylation sites (N-methyl/N-ethyl adjacent to an activating group) is 1. The molecule has 0 saturated carbocycles. The zero-order valence-electron chi connectivity index (χ0n) is 13.3. The van der Waals surface area contributed by atoms with Crippen LogP contribution in [0, 0.1) is 11.8 Å². The Kier molecular flexibility index (Phi) is 6.41. The fourth-order valence-corrected chi connectivity index (χ4v) is 1.60. The number of nitrogens with zero attached hydrogens (tertiary/aromatic N) is 1. The van der Waals surface area contributed by atoms with Crippen LogP contribution in [0.15, 0.2) is 24.3 Å². The van der Waals surface area contributed by atoms with Crippen molar-refractivity contribution in [3.8, 4) is 11.8 Å². The van der Waals surface area contributed by atoms with E-state index in [1.807, 2.05) is 45.0 Å². The molecule has 2 N–H and O–H groups in total. The topological polar surface area (TPSA) is 55.6 Å². The average molecular weight is 288 g/mol. The van der Waals surface area contributed by atoms with E-state index < -0.39 is 0 Å². The Labute approximate surface area is 127 Å². The molecule has 0 unspecified atom stereocenters. The number of carbonyl (C=O) groups is 1. The van der Waals surface area contributed by atoms with Gasteiger partial charge in [-0.15, -0.1) is 0 Å². The maximum absolute atomic E-state index is 12.0. The lowest BCUT2D eigenvalue weighted by molar-refractivity contribution is -0.140. The number of carbonyl (C=O) groups excluding carboxylic acids is 1. The second-order valence-electron chi connectivity index (χ2n) is 5.85. The minimum Gasteiger partial charge on any atom is -0.366 e. The second-order valence-corrected chi connectivity index (χ2v) is 5.85. The summed E-state index contributed by atoms with van der Waals surface area (Å²) in [5.41, 5.74) is 7.01. The highest BCUT2D eigenvalue weighted by molar-refractivity contribution is 5.77. The maximum atomic E-state index is 12.0. The highest BCUT2D eigenvalue weighted by Gasteiger charge is 2.15. The number of ether oxygens (including phenoxy) is 1. The molecule has 0 radical (unpaired) electrons. The lowest BCUT2D eigenvalue weighted by Crippen LogP contribution is -2.33. The molecule has 21 heavy (non-hydrogen) atoms. The summed E-state index contributed by atoms with van der Waals surface area (Å²) in [7, 11) is 1.77. The second kappa shape index (κ2) is 7.82. The van der Waals surface area contributed by atoms with Crippen molar-refractivity contribution in [2.24, 2.45) is 5.73 Å². The largest absolute Gasteiger partial charge is 0.366 e. The third-order valence-electron chi connectivity index (χ3n) is 2.76. The van der Waals surface area contributed by atoms with Gasteiger partial charge in [0.1, 0.15) is 6.61 Å². The molecular weight excluding hydrogens is 264 g/mol. The van der Waals surface area contributed by atoms with Crippen LogP contribution in [0.4, 0.5) is 0 Å². The van der Waals surface area contributed by atoms with Gasteiger partial charge in [0.15, 0.2) is 0 Å². The first-order valence-corrected chi connectivity index (χ1v) is 6.97. The summed E-state index contributed by atoms with van der Waals surface area (Å²) in [4.78, 5) is 13.6. The van der Waals surface area contributed by atoms with E-state index in [1.54, 1.807) is 11.9 Å². The van der Waals surface area contributed by atoms with Crippen molar-refractivity contribution in [1.29, 1.82) is 0 Å². The number of hydrogen-bond donors (Lipinski definition) is 1. The van der Waals surface area contributed by atoms with Crippen LogP contribution in [0.2, 0.25) is 0 Å². The third-order valence-corrected chi connectivity index (χ3v) is 2.76. The molecule has 4 nitrogen and oxygen atoms in total. The van der Waals surface area contributed by atoms with Gasteiger partial charge in [-0.05, 0) is 38.5 Å². The van der Waals surface area contributed by atoms with Crippen LogP contribution in [-0.2, 0) is 16.1 Å². The van der Waals surface area contributed by atoms with Crippen molar-refractivity contribution >= 4 is 5.91 Å². The summed E-state index contributed by atoms with van der Waals surface area (Å²) in [6, 6.07) is 7.80. The quantitative estimate of drug-likeness (QED) is 0.859. The first-order chi connectivity index (χ1) is 9.81. The van der Waals surface area contributed by atoms with Crippen LogP contribution in [0.5, 0.6) is 0 Å². The van der Waals surface area contributed by atoms with Crippen molar-refractivity contribution < 1.29 is 9.53 Å². The zero-order chi connectivity index (χ0) is 15.9. The molecule has 1 aromatic rings. The van der Waals surface area contributed by atoms with Crippen LogP contribution >= 0.6 is 0 Å². The lowest BCUT2D eigenvalue weighted by Gasteiger charge is -2.22. The molecule has 114 valence electrons. The first kappa shape index (κ1) is 17.2. The summed E-state index contributed by atoms with van der Waals surface area (Å²) in [6.07, 6.45) is 0. The average Bonchev–Trinajstić information content (AvgIpc) is 2.43. The van der Waals surface area contributed by atoms with Gasteiger partial charge in [-0.25, -0.2) is 0 Å². The molecule has 0 aliphatic heterocycles. The first-order valence-electron chi connectivity index (χ1n) is 6.97. The van der Waals surface area contributed by atoms with Crippen LogP contribution in [-0.4, -0.2) is 36.6 Å². The van der Waals surface area contributed by atoms with E-state index >= 15 is 0 Å². The van der Waals surface area contributed by atoms with E-state index in [4.69, 9.17) is 10.5 Å². The molecule has 0 bridgehead atoms. The fraction of sp³-hybridized carbons (Fsp3) is 0.471. The molecule has 0 spiro atoms. The monoisotopic (exact) mass is 288 g/mol. The highest BCUT2D eigenvalue weighted by Crippen LogP contribution is 2.09. The van der Waals surface area contributed by atoms with Crippen molar-refractivity contribution in [3.05, 3.63) is 35.4 Å². The molecule has 1 rings (SSSR count). The zero-order valence-corrected chi connectivity index (χ0v) is 13.3. The van der Waals surface area contributed by atoms with Crippen molar-refractivity contribution in [3.63, 3.8) is 0 Å². The standard InChI is InChI=1S/C17H24N2O2/c1-17(2,3)21-13-16(20)19(4)12-15-9-7-14(8-10-15)6-5-11-18/h7-10H,11-13,18H2,1-4H3. The fourth-order valence-electron chi connectivity index (χ4n) is 1.60. The molecule has 0 aliphatic carbocycles. The number of rotatable bonds is 4. The Morgan fingerprint density at radius 1 is 1.29 bits per heavy atom. The minimum atomic E-state index is -0.306. The molecule has 0 saturated heterocycles. The van der Waals surface area contributed by atoms with Crippen molar-refractivity contribution in [1.82, 2.24) is 4.90 Å². The predicted molar refractivity (Wildman–Crippen MR) is 84.6 cm³/mol. The van der Waals surface area contributed by atoms with Crippen LogP contribution in [0.1, 0.15) is 31.9 Å². The molecule has 1 aromatic carbocycles. The summed E-state index contributed by atoms with van der Waals surface area (Å²) in [5, 5.41) is 0. The van der Waals surface area contributed by atoms with Gasteiger partial charge < -0.3 is 15.4 Å². The predicted octanol–water partition coefficient (Wildman–Crippen LogP) is 1.77. The molecular formula is C17H24N2O2. The van der Waals surface area contributed by atoms with Gasteiger partial charge in [0.05, 0.1) is 12.1 Å². The number of benzene rings is 1. The smallest absolute Gasteiger partial charge is 0.248 e. The van der Waals surface area contributed by atoms with Gasteiger partial charge in [-0.2, -0.15) is 0 Å². The SMILES string of the molecule is CN(Cc1ccc(C#CCN)cc1)C(=O)COC(C)(C)C. The van der Waals surface area contributed by atoms with Gasteiger partial charge in [0, 0.05) is 19.2 Å². The molecule has 1 amide bonds.